The van der Waals surface area contributed by atoms with E-state index in [1.807, 2.05) is 6.20 Å². The van der Waals surface area contributed by atoms with Gasteiger partial charge in [-0.15, -0.1) is 11.3 Å². The van der Waals surface area contributed by atoms with Gasteiger partial charge < -0.3 is 31.4 Å². The maximum atomic E-state index is 13.7. The highest BCUT2D eigenvalue weighted by Crippen LogP contribution is 2.22. The van der Waals surface area contributed by atoms with Crippen LogP contribution in [0.1, 0.15) is 76.0 Å². The SMILES string of the molecule is CC(C)C.CCO.CN/C(C=NC1CCCCC1)=C(/N)c1nc(F)ccc1F.COCn1cc(-c2nc(C=O)cs2)cn1.NCC=O. The van der Waals surface area contributed by atoms with Crippen LogP contribution in [0.15, 0.2) is 40.6 Å². The van der Waals surface area contributed by atoms with Gasteiger partial charge >= 0.3 is 0 Å². The Morgan fingerprint density at radius 2 is 1.83 bits per heavy atom. The zero-order chi connectivity index (χ0) is 35.6. The van der Waals surface area contributed by atoms with Crippen LogP contribution in [0.2, 0.25) is 0 Å². The van der Waals surface area contributed by atoms with Crippen LogP contribution in [-0.4, -0.2) is 77.0 Å². The topological polar surface area (TPSA) is 184 Å². The summed E-state index contributed by atoms with van der Waals surface area (Å²) in [5.41, 5.74) is 12.2. The molecule has 262 valence electrons. The number of carbonyl (C=O) groups is 2. The Hall–Kier alpha value is -3.92. The van der Waals surface area contributed by atoms with Crippen LogP contribution in [0.25, 0.3) is 16.3 Å². The molecule has 1 aliphatic carbocycles. The Labute approximate surface area is 280 Å². The van der Waals surface area contributed by atoms with Crippen molar-refractivity contribution < 1.29 is 28.2 Å². The highest BCUT2D eigenvalue weighted by Gasteiger charge is 2.14. The summed E-state index contributed by atoms with van der Waals surface area (Å²) >= 11 is 1.42. The van der Waals surface area contributed by atoms with E-state index >= 15 is 0 Å². The average molecular weight is 681 g/mol. The van der Waals surface area contributed by atoms with Gasteiger partial charge in [-0.2, -0.15) is 9.49 Å². The van der Waals surface area contributed by atoms with Crippen molar-refractivity contribution in [1.29, 1.82) is 0 Å². The smallest absolute Gasteiger partial charge is 0.213 e. The second-order valence-electron chi connectivity index (χ2n) is 10.4. The van der Waals surface area contributed by atoms with E-state index in [-0.39, 0.29) is 30.6 Å². The molecule has 1 aliphatic rings. The van der Waals surface area contributed by atoms with Crippen LogP contribution < -0.4 is 16.8 Å². The molecule has 1 saturated carbocycles. The van der Waals surface area contributed by atoms with Gasteiger partial charge in [0.2, 0.25) is 5.95 Å². The molecule has 0 aliphatic heterocycles. The molecule has 3 aromatic heterocycles. The van der Waals surface area contributed by atoms with Gasteiger partial charge in [-0.25, -0.2) is 19.0 Å². The maximum absolute atomic E-state index is 13.7. The van der Waals surface area contributed by atoms with Crippen molar-refractivity contribution in [3.63, 3.8) is 0 Å². The first kappa shape index (κ1) is 43.1. The Morgan fingerprint density at radius 1 is 1.21 bits per heavy atom. The Kier molecular flexibility index (Phi) is 24.0. The lowest BCUT2D eigenvalue weighted by atomic mass is 9.96. The molecule has 15 heteroatoms. The van der Waals surface area contributed by atoms with E-state index in [1.165, 1.54) is 30.6 Å². The van der Waals surface area contributed by atoms with Crippen LogP contribution in [0.3, 0.4) is 0 Å². The zero-order valence-electron chi connectivity index (χ0n) is 28.2. The van der Waals surface area contributed by atoms with Crippen LogP contribution >= 0.6 is 11.3 Å². The number of pyridine rings is 1. The van der Waals surface area contributed by atoms with Crippen LogP contribution in [0, 0.1) is 17.7 Å². The van der Waals surface area contributed by atoms with Crippen LogP contribution in [-0.2, 0) is 16.3 Å². The van der Waals surface area contributed by atoms with Gasteiger partial charge in [0, 0.05) is 50.7 Å². The summed E-state index contributed by atoms with van der Waals surface area (Å²) in [6.45, 7) is 8.98. The minimum absolute atomic E-state index is 0.0501. The number of carbonyl (C=O) groups excluding carboxylic acids is 2. The van der Waals surface area contributed by atoms with E-state index in [9.17, 15) is 13.6 Å². The molecule has 4 rings (SSSR count). The number of methoxy groups -OCH3 is 1. The Morgan fingerprint density at radius 3 is 2.34 bits per heavy atom. The van der Waals surface area contributed by atoms with Gasteiger partial charge in [-0.05, 0) is 37.8 Å². The van der Waals surface area contributed by atoms with E-state index < -0.39 is 11.8 Å². The van der Waals surface area contributed by atoms with Gasteiger partial charge in [-0.3, -0.25) is 9.79 Å². The zero-order valence-corrected chi connectivity index (χ0v) is 29.0. The third-order valence-corrected chi connectivity index (χ3v) is 6.41. The molecular weight excluding hydrogens is 630 g/mol. The predicted octanol–water partition coefficient (Wildman–Crippen LogP) is 4.84. The number of nitrogens with one attached hydrogen (secondary N) is 1. The highest BCUT2D eigenvalue weighted by molar-refractivity contribution is 7.13. The molecular formula is C32H50F2N8O4S. The molecule has 0 radical (unpaired) electrons. The summed E-state index contributed by atoms with van der Waals surface area (Å²) in [4.78, 5) is 31.6. The number of aromatic nitrogens is 4. The third kappa shape index (κ3) is 18.7. The average Bonchev–Trinajstić information content (AvgIpc) is 3.74. The first-order valence-electron chi connectivity index (χ1n) is 15.2. The van der Waals surface area contributed by atoms with Crippen molar-refractivity contribution >= 4 is 35.8 Å². The summed E-state index contributed by atoms with van der Waals surface area (Å²) in [5, 5.41) is 17.0. The van der Waals surface area contributed by atoms with Crippen molar-refractivity contribution in [3.05, 3.63) is 58.8 Å². The lowest BCUT2D eigenvalue weighted by Crippen LogP contribution is -2.18. The van der Waals surface area contributed by atoms with Crippen molar-refractivity contribution in [2.75, 3.05) is 27.3 Å². The number of thiazole rings is 1. The molecule has 0 amide bonds. The van der Waals surface area contributed by atoms with Crippen molar-refractivity contribution in [1.82, 2.24) is 25.1 Å². The first-order chi connectivity index (χ1) is 22.5. The van der Waals surface area contributed by atoms with E-state index in [0.717, 1.165) is 47.7 Å². The van der Waals surface area contributed by atoms with E-state index in [4.69, 9.17) is 20.4 Å². The van der Waals surface area contributed by atoms with Gasteiger partial charge in [0.05, 0.1) is 23.6 Å². The van der Waals surface area contributed by atoms with Gasteiger partial charge in [0.25, 0.3) is 0 Å². The standard InChI is InChI=1S/C15H20F2N4.C9H9N3O2S.C4H10.C2H5NO.C2H6O/c1-19-12(9-20-10-5-3-2-4-6-10)14(18)15-11(16)7-8-13(17)21-15;1-14-6-12-3-7(2-10-12)9-11-8(4-13)5-15-9;1-4(2)3;3-1-2-4;1-2-3/h7-10,19H,2-6,18H2,1H3;2-5H,6H2,1H3;4H,1-3H3;2H,1,3H2;3H,2H2,1H3/b14-12+,20-9?;;;;. The molecule has 3 aromatic rings. The summed E-state index contributed by atoms with van der Waals surface area (Å²) in [7, 11) is 3.27. The molecule has 0 spiro atoms. The van der Waals surface area contributed by atoms with E-state index in [2.05, 4.69) is 51.9 Å². The number of nitrogens with two attached hydrogens (primary N) is 2. The van der Waals surface area contributed by atoms with Crippen LogP contribution in [0.5, 0.6) is 0 Å². The number of aliphatic hydroxyl groups is 1. The Balaban J connectivity index is 0.000000704. The van der Waals surface area contributed by atoms with Gasteiger partial charge in [0.1, 0.15) is 29.4 Å². The molecule has 0 saturated heterocycles. The fourth-order valence-electron chi connectivity index (χ4n) is 3.56. The highest BCUT2D eigenvalue weighted by atomic mass is 32.1. The number of rotatable bonds is 9. The Bertz CT molecular complexity index is 1340. The largest absolute Gasteiger partial charge is 0.397 e. The van der Waals surface area contributed by atoms with Gasteiger partial charge in [-0.1, -0.05) is 40.0 Å². The minimum atomic E-state index is -0.769. The number of allylic oxidation sites excluding steroid dienone is 1. The summed E-state index contributed by atoms with van der Waals surface area (Å²) in [6, 6.07) is 2.25. The number of nitrogens with zero attached hydrogens (tertiary/aromatic N) is 5. The number of aliphatic imine (C=N–C) groups is 1. The first-order valence-corrected chi connectivity index (χ1v) is 16.1. The molecule has 1 fully saturated rings. The number of hydrogen-bond donors (Lipinski definition) is 4. The predicted molar refractivity (Wildman–Crippen MR) is 184 cm³/mol. The second kappa shape index (κ2) is 26.2. The molecule has 0 unspecified atom stereocenters. The quantitative estimate of drug-likeness (QED) is 0.139. The monoisotopic (exact) mass is 680 g/mol. The fourth-order valence-corrected chi connectivity index (χ4v) is 4.30. The summed E-state index contributed by atoms with van der Waals surface area (Å²) < 4.78 is 33.4. The summed E-state index contributed by atoms with van der Waals surface area (Å²) in [6.07, 6.45) is 12.2. The maximum Gasteiger partial charge on any atom is 0.213 e. The fraction of sp³-hybridized carbons (Fsp3) is 0.500. The molecule has 0 aromatic carbocycles. The van der Waals surface area contributed by atoms with Crippen molar-refractivity contribution in [3.8, 4) is 10.6 Å². The molecule has 0 bridgehead atoms. The normalized spacial score (nSPS) is 13.0. The molecule has 3 heterocycles. The minimum Gasteiger partial charge on any atom is -0.397 e. The lowest BCUT2D eigenvalue weighted by molar-refractivity contribution is -0.106. The van der Waals surface area contributed by atoms with Crippen molar-refractivity contribution in [2.24, 2.45) is 22.4 Å². The van der Waals surface area contributed by atoms with E-state index in [1.54, 1.807) is 43.6 Å². The molecule has 0 atom stereocenters. The number of halogens is 2. The lowest BCUT2D eigenvalue weighted by Gasteiger charge is -2.17. The van der Waals surface area contributed by atoms with Crippen LogP contribution in [0.4, 0.5) is 8.78 Å². The number of ether oxygens (including phenoxy) is 1. The number of hydrogen-bond acceptors (Lipinski definition) is 12. The van der Waals surface area contributed by atoms with E-state index in [0.29, 0.717) is 24.4 Å². The molecule has 47 heavy (non-hydrogen) atoms. The molecule has 6 N–H and O–H groups in total. The van der Waals surface area contributed by atoms with Gasteiger partial charge in [0.15, 0.2) is 12.1 Å². The van der Waals surface area contributed by atoms with Crippen molar-refractivity contribution in [2.45, 2.75) is 72.6 Å². The third-order valence-electron chi connectivity index (χ3n) is 5.50. The number of aliphatic hydroxyl groups excluding tert-OH is 1. The number of aldehydes is 2. The second-order valence-corrected chi connectivity index (χ2v) is 11.3. The molecule has 12 nitrogen and oxygen atoms in total. The summed E-state index contributed by atoms with van der Waals surface area (Å²) in [5.74, 6) is -0.596.